The van der Waals surface area contributed by atoms with Crippen molar-refractivity contribution in [2.75, 3.05) is 25.0 Å². The van der Waals surface area contributed by atoms with Gasteiger partial charge in [0, 0.05) is 18.8 Å². The molecule has 0 atom stereocenters. The van der Waals surface area contributed by atoms with Gasteiger partial charge in [-0.1, -0.05) is 18.2 Å². The van der Waals surface area contributed by atoms with Gasteiger partial charge in [0.15, 0.2) is 0 Å². The van der Waals surface area contributed by atoms with Crippen LogP contribution in [0.15, 0.2) is 53.4 Å². The van der Waals surface area contributed by atoms with Gasteiger partial charge in [0.05, 0.1) is 17.9 Å². The summed E-state index contributed by atoms with van der Waals surface area (Å²) in [5.41, 5.74) is 1.59. The highest BCUT2D eigenvalue weighted by atomic mass is 32.2. The summed E-state index contributed by atoms with van der Waals surface area (Å²) in [5.74, 6) is 0.584. The summed E-state index contributed by atoms with van der Waals surface area (Å²) in [6, 6.07) is 13.9. The number of nitrogens with one attached hydrogen (secondary N) is 1. The van der Waals surface area contributed by atoms with Gasteiger partial charge in [-0.15, -0.1) is 0 Å². The number of anilines is 1. The van der Waals surface area contributed by atoms with Gasteiger partial charge < -0.3 is 10.1 Å². The van der Waals surface area contributed by atoms with E-state index >= 15 is 0 Å². The van der Waals surface area contributed by atoms with E-state index in [-0.39, 0.29) is 23.8 Å². The van der Waals surface area contributed by atoms with Gasteiger partial charge in [-0.3, -0.25) is 4.79 Å². The molecular weight excluding hydrogens is 364 g/mol. The SMILES string of the molecule is Cc1ccccc1OCCC(=O)Nc1ccc(S(=O)(=O)N2CCCC2)cc1. The van der Waals surface area contributed by atoms with Crippen LogP contribution in [0.2, 0.25) is 0 Å². The number of ether oxygens (including phenoxy) is 1. The van der Waals surface area contributed by atoms with Crippen molar-refractivity contribution in [1.29, 1.82) is 0 Å². The molecule has 144 valence electrons. The molecule has 1 aliphatic rings. The topological polar surface area (TPSA) is 75.7 Å². The number of para-hydroxylation sites is 1. The Bertz CT molecular complexity index is 888. The lowest BCUT2D eigenvalue weighted by molar-refractivity contribution is -0.116. The number of nitrogens with zero attached hydrogens (tertiary/aromatic N) is 1. The van der Waals surface area contributed by atoms with Crippen LogP contribution >= 0.6 is 0 Å². The Balaban J connectivity index is 1.52. The first-order chi connectivity index (χ1) is 13.0. The van der Waals surface area contributed by atoms with E-state index in [1.807, 2.05) is 31.2 Å². The second kappa shape index (κ2) is 8.54. The number of rotatable bonds is 7. The summed E-state index contributed by atoms with van der Waals surface area (Å²) in [6.07, 6.45) is 2.01. The summed E-state index contributed by atoms with van der Waals surface area (Å²) in [7, 11) is -3.43. The van der Waals surface area contributed by atoms with Crippen LogP contribution in [0.3, 0.4) is 0 Å². The highest BCUT2D eigenvalue weighted by Gasteiger charge is 2.26. The third-order valence-electron chi connectivity index (χ3n) is 4.52. The largest absolute Gasteiger partial charge is 0.493 e. The average Bonchev–Trinajstić information content (AvgIpc) is 3.19. The molecule has 0 spiro atoms. The van der Waals surface area contributed by atoms with Crippen LogP contribution in [-0.4, -0.2) is 38.3 Å². The van der Waals surface area contributed by atoms with Crippen LogP contribution < -0.4 is 10.1 Å². The van der Waals surface area contributed by atoms with Crippen molar-refractivity contribution in [3.8, 4) is 5.75 Å². The normalized spacial score (nSPS) is 14.9. The molecule has 6 nitrogen and oxygen atoms in total. The van der Waals surface area contributed by atoms with E-state index in [1.54, 1.807) is 12.1 Å². The molecule has 0 radical (unpaired) electrons. The summed E-state index contributed by atoms with van der Waals surface area (Å²) < 4.78 is 32.1. The lowest BCUT2D eigenvalue weighted by atomic mass is 10.2. The lowest BCUT2D eigenvalue weighted by Crippen LogP contribution is -2.27. The minimum absolute atomic E-state index is 0.182. The number of hydrogen-bond acceptors (Lipinski definition) is 4. The van der Waals surface area contributed by atoms with Crippen molar-refractivity contribution in [2.45, 2.75) is 31.1 Å². The van der Waals surface area contributed by atoms with Crippen LogP contribution in [0.4, 0.5) is 5.69 Å². The second-order valence-corrected chi connectivity index (χ2v) is 8.49. The van der Waals surface area contributed by atoms with E-state index in [9.17, 15) is 13.2 Å². The van der Waals surface area contributed by atoms with Gasteiger partial charge in [0.25, 0.3) is 0 Å². The maximum absolute atomic E-state index is 12.5. The van der Waals surface area contributed by atoms with Crippen molar-refractivity contribution in [2.24, 2.45) is 0 Å². The summed E-state index contributed by atoms with van der Waals surface area (Å²) in [4.78, 5) is 12.3. The highest BCUT2D eigenvalue weighted by molar-refractivity contribution is 7.89. The molecule has 2 aromatic carbocycles. The van der Waals surface area contributed by atoms with E-state index in [0.717, 1.165) is 24.2 Å². The zero-order valence-electron chi connectivity index (χ0n) is 15.3. The van der Waals surface area contributed by atoms with Crippen molar-refractivity contribution in [3.05, 3.63) is 54.1 Å². The summed E-state index contributed by atoms with van der Waals surface area (Å²) in [5, 5.41) is 2.76. The molecule has 0 unspecified atom stereocenters. The van der Waals surface area contributed by atoms with Gasteiger partial charge in [-0.05, 0) is 55.7 Å². The van der Waals surface area contributed by atoms with Gasteiger partial charge >= 0.3 is 0 Å². The average molecular weight is 388 g/mol. The Hall–Kier alpha value is -2.38. The Labute approximate surface area is 160 Å². The number of carbonyl (C=O) groups is 1. The molecule has 0 aliphatic carbocycles. The Morgan fingerprint density at radius 3 is 2.41 bits per heavy atom. The third-order valence-corrected chi connectivity index (χ3v) is 6.43. The minimum atomic E-state index is -3.43. The van der Waals surface area contributed by atoms with Gasteiger partial charge in [-0.2, -0.15) is 4.31 Å². The molecular formula is C20H24N2O4S. The highest BCUT2D eigenvalue weighted by Crippen LogP contribution is 2.22. The maximum atomic E-state index is 12.5. The van der Waals surface area contributed by atoms with Gasteiger partial charge in [0.1, 0.15) is 5.75 Å². The zero-order valence-corrected chi connectivity index (χ0v) is 16.2. The van der Waals surface area contributed by atoms with Crippen LogP contribution in [0.1, 0.15) is 24.8 Å². The van der Waals surface area contributed by atoms with Crippen LogP contribution in [0.25, 0.3) is 0 Å². The maximum Gasteiger partial charge on any atom is 0.243 e. The molecule has 1 amide bonds. The third kappa shape index (κ3) is 4.87. The zero-order chi connectivity index (χ0) is 19.3. The lowest BCUT2D eigenvalue weighted by Gasteiger charge is -2.15. The molecule has 7 heteroatoms. The molecule has 0 aromatic heterocycles. The Morgan fingerprint density at radius 2 is 1.74 bits per heavy atom. The van der Waals surface area contributed by atoms with E-state index in [1.165, 1.54) is 16.4 Å². The smallest absolute Gasteiger partial charge is 0.243 e. The molecule has 27 heavy (non-hydrogen) atoms. The van der Waals surface area contributed by atoms with Crippen molar-refractivity contribution >= 4 is 21.6 Å². The van der Waals surface area contributed by atoms with Gasteiger partial charge in [-0.25, -0.2) is 8.42 Å². The van der Waals surface area contributed by atoms with E-state index in [4.69, 9.17) is 4.74 Å². The fraction of sp³-hybridized carbons (Fsp3) is 0.350. The monoisotopic (exact) mass is 388 g/mol. The first-order valence-corrected chi connectivity index (χ1v) is 10.5. The Kier molecular flexibility index (Phi) is 6.13. The number of sulfonamides is 1. The van der Waals surface area contributed by atoms with E-state index in [0.29, 0.717) is 18.8 Å². The molecule has 1 N–H and O–H groups in total. The molecule has 2 aromatic rings. The van der Waals surface area contributed by atoms with Crippen LogP contribution in [-0.2, 0) is 14.8 Å². The Morgan fingerprint density at radius 1 is 1.07 bits per heavy atom. The number of benzene rings is 2. The number of hydrogen-bond donors (Lipinski definition) is 1. The molecule has 3 rings (SSSR count). The number of carbonyl (C=O) groups excluding carboxylic acids is 1. The molecule has 0 saturated carbocycles. The summed E-state index contributed by atoms with van der Waals surface area (Å²) in [6.45, 7) is 3.37. The number of aryl methyl sites for hydroxylation is 1. The molecule has 1 fully saturated rings. The van der Waals surface area contributed by atoms with Crippen molar-refractivity contribution in [3.63, 3.8) is 0 Å². The van der Waals surface area contributed by atoms with Crippen LogP contribution in [0.5, 0.6) is 5.75 Å². The predicted octanol–water partition coefficient (Wildman–Crippen LogP) is 3.19. The summed E-state index contributed by atoms with van der Waals surface area (Å²) >= 11 is 0. The minimum Gasteiger partial charge on any atom is -0.493 e. The first-order valence-electron chi connectivity index (χ1n) is 9.05. The molecule has 1 aliphatic heterocycles. The molecule has 1 heterocycles. The fourth-order valence-electron chi connectivity index (χ4n) is 2.98. The number of amides is 1. The quantitative estimate of drug-likeness (QED) is 0.790. The van der Waals surface area contributed by atoms with E-state index < -0.39 is 10.0 Å². The predicted molar refractivity (Wildman–Crippen MR) is 104 cm³/mol. The van der Waals surface area contributed by atoms with Crippen molar-refractivity contribution in [1.82, 2.24) is 4.31 Å². The van der Waals surface area contributed by atoms with Crippen molar-refractivity contribution < 1.29 is 17.9 Å². The second-order valence-electron chi connectivity index (χ2n) is 6.55. The van der Waals surface area contributed by atoms with Gasteiger partial charge in [0.2, 0.25) is 15.9 Å². The molecule has 0 bridgehead atoms. The first kappa shape index (κ1) is 19.4. The van der Waals surface area contributed by atoms with E-state index in [2.05, 4.69) is 5.32 Å². The standard InChI is InChI=1S/C20H24N2O4S/c1-16-6-2-3-7-19(16)26-15-12-20(23)21-17-8-10-18(11-9-17)27(24,25)22-13-4-5-14-22/h2-3,6-11H,4-5,12-15H2,1H3,(H,21,23). The van der Waals surface area contributed by atoms with Crippen LogP contribution in [0, 0.1) is 6.92 Å². The fourth-order valence-corrected chi connectivity index (χ4v) is 4.50. The molecule has 1 saturated heterocycles.